The number of carboxylic acids is 1. The summed E-state index contributed by atoms with van der Waals surface area (Å²) in [4.78, 5) is 23.2. The molecule has 0 unspecified atom stereocenters. The van der Waals surface area contributed by atoms with E-state index in [1.54, 1.807) is 20.8 Å². The summed E-state index contributed by atoms with van der Waals surface area (Å²) < 4.78 is 5.15. The van der Waals surface area contributed by atoms with E-state index in [1.165, 1.54) is 6.42 Å². The molecule has 116 valence electrons. The Bertz CT molecular complexity index is 327. The first kappa shape index (κ1) is 16.8. The highest BCUT2D eigenvalue weighted by Crippen LogP contribution is 2.25. The second-order valence-electron chi connectivity index (χ2n) is 6.57. The van der Waals surface area contributed by atoms with Gasteiger partial charge in [-0.2, -0.15) is 0 Å². The van der Waals surface area contributed by atoms with Gasteiger partial charge in [-0.1, -0.05) is 32.1 Å². The summed E-state index contributed by atoms with van der Waals surface area (Å²) in [7, 11) is 0. The molecular formula is C15H27NO4. The van der Waals surface area contributed by atoms with Gasteiger partial charge in [0.15, 0.2) is 0 Å². The van der Waals surface area contributed by atoms with Crippen molar-refractivity contribution in [3.8, 4) is 0 Å². The van der Waals surface area contributed by atoms with Crippen LogP contribution in [0, 0.1) is 5.92 Å². The minimum atomic E-state index is -0.971. The van der Waals surface area contributed by atoms with Gasteiger partial charge in [0, 0.05) is 0 Å². The Labute approximate surface area is 121 Å². The van der Waals surface area contributed by atoms with Crippen LogP contribution in [0.1, 0.15) is 65.7 Å². The van der Waals surface area contributed by atoms with E-state index < -0.39 is 23.7 Å². The first-order valence-corrected chi connectivity index (χ1v) is 7.52. The largest absolute Gasteiger partial charge is 0.480 e. The molecule has 0 aromatic heterocycles. The Morgan fingerprint density at radius 2 is 1.60 bits per heavy atom. The van der Waals surface area contributed by atoms with E-state index in [0.29, 0.717) is 0 Å². The van der Waals surface area contributed by atoms with Crippen molar-refractivity contribution in [3.05, 3.63) is 0 Å². The number of amides is 1. The molecular weight excluding hydrogens is 258 g/mol. The molecule has 1 aliphatic carbocycles. The van der Waals surface area contributed by atoms with Crippen LogP contribution in [-0.2, 0) is 9.53 Å². The third-order valence-corrected chi connectivity index (χ3v) is 3.56. The smallest absolute Gasteiger partial charge is 0.408 e. The Kier molecular flexibility index (Phi) is 6.30. The molecule has 5 heteroatoms. The van der Waals surface area contributed by atoms with Crippen molar-refractivity contribution in [2.45, 2.75) is 77.4 Å². The van der Waals surface area contributed by atoms with Crippen molar-refractivity contribution in [2.24, 2.45) is 5.92 Å². The summed E-state index contributed by atoms with van der Waals surface area (Å²) in [5.74, 6) is -0.971. The van der Waals surface area contributed by atoms with Crippen molar-refractivity contribution >= 4 is 12.1 Å². The lowest BCUT2D eigenvalue weighted by Crippen LogP contribution is -2.47. The number of rotatable bonds is 3. The summed E-state index contributed by atoms with van der Waals surface area (Å²) in [6, 6.07) is -0.844. The van der Waals surface area contributed by atoms with Crippen LogP contribution in [0.2, 0.25) is 0 Å². The summed E-state index contributed by atoms with van der Waals surface area (Å²) in [6.07, 6.45) is 6.65. The average molecular weight is 285 g/mol. The normalized spacial score (nSPS) is 19.6. The highest BCUT2D eigenvalue weighted by Gasteiger charge is 2.31. The van der Waals surface area contributed by atoms with Gasteiger partial charge in [-0.05, 0) is 39.5 Å². The number of carbonyl (C=O) groups is 2. The third kappa shape index (κ3) is 6.26. The molecule has 1 amide bonds. The number of aliphatic carboxylic acids is 1. The maximum absolute atomic E-state index is 11.8. The van der Waals surface area contributed by atoms with Gasteiger partial charge in [-0.15, -0.1) is 0 Å². The molecule has 0 spiro atoms. The number of ether oxygens (including phenoxy) is 1. The number of hydrogen-bond acceptors (Lipinski definition) is 3. The molecule has 1 fully saturated rings. The molecule has 2 N–H and O–H groups in total. The van der Waals surface area contributed by atoms with Crippen molar-refractivity contribution in [3.63, 3.8) is 0 Å². The van der Waals surface area contributed by atoms with Crippen molar-refractivity contribution in [1.82, 2.24) is 5.32 Å². The topological polar surface area (TPSA) is 75.6 Å². The molecule has 0 bridgehead atoms. The standard InChI is InChI=1S/C15H27NO4/c1-15(2,3)20-14(19)16-12(13(17)18)11-9-7-5-4-6-8-10-11/h11-12H,4-10H2,1-3H3,(H,16,19)(H,17,18)/t12-/m0/s1. The molecule has 20 heavy (non-hydrogen) atoms. The number of carbonyl (C=O) groups excluding carboxylic acids is 1. The summed E-state index contributed by atoms with van der Waals surface area (Å²) in [5.41, 5.74) is -0.617. The maximum Gasteiger partial charge on any atom is 0.408 e. The Balaban J connectivity index is 2.62. The average Bonchev–Trinajstić information content (AvgIpc) is 2.23. The zero-order valence-electron chi connectivity index (χ0n) is 12.8. The molecule has 0 heterocycles. The van der Waals surface area contributed by atoms with E-state index >= 15 is 0 Å². The van der Waals surface area contributed by atoms with E-state index in [1.807, 2.05) is 0 Å². The predicted octanol–water partition coefficient (Wildman–Crippen LogP) is 3.32. The van der Waals surface area contributed by atoms with Crippen LogP contribution < -0.4 is 5.32 Å². The van der Waals surface area contributed by atoms with Crippen LogP contribution >= 0.6 is 0 Å². The van der Waals surface area contributed by atoms with Gasteiger partial charge in [0.05, 0.1) is 0 Å². The SMILES string of the molecule is CC(C)(C)OC(=O)N[C@H](C(=O)O)C1CCCCCCC1. The Morgan fingerprint density at radius 1 is 1.10 bits per heavy atom. The van der Waals surface area contributed by atoms with Crippen LogP contribution in [0.5, 0.6) is 0 Å². The van der Waals surface area contributed by atoms with Gasteiger partial charge >= 0.3 is 12.1 Å². The van der Waals surface area contributed by atoms with Gasteiger partial charge in [0.1, 0.15) is 11.6 Å². The van der Waals surface area contributed by atoms with Gasteiger partial charge in [0.25, 0.3) is 0 Å². The molecule has 5 nitrogen and oxygen atoms in total. The molecule has 1 rings (SSSR count). The molecule has 0 aliphatic heterocycles. The number of alkyl carbamates (subject to hydrolysis) is 1. The Morgan fingerprint density at radius 3 is 2.05 bits per heavy atom. The highest BCUT2D eigenvalue weighted by molar-refractivity contribution is 5.80. The Hall–Kier alpha value is -1.26. The lowest BCUT2D eigenvalue weighted by molar-refractivity contribution is -0.141. The van der Waals surface area contributed by atoms with Gasteiger partial charge < -0.3 is 15.2 Å². The fourth-order valence-corrected chi connectivity index (χ4v) is 2.64. The monoisotopic (exact) mass is 285 g/mol. The first-order chi connectivity index (χ1) is 9.29. The molecule has 1 saturated carbocycles. The molecule has 0 saturated heterocycles. The maximum atomic E-state index is 11.8. The van der Waals surface area contributed by atoms with Crippen molar-refractivity contribution in [2.75, 3.05) is 0 Å². The molecule has 0 aromatic rings. The fraction of sp³-hybridized carbons (Fsp3) is 0.867. The minimum absolute atomic E-state index is 0.000295. The third-order valence-electron chi connectivity index (χ3n) is 3.56. The highest BCUT2D eigenvalue weighted by atomic mass is 16.6. The number of nitrogens with one attached hydrogen (secondary N) is 1. The lowest BCUT2D eigenvalue weighted by Gasteiger charge is -2.28. The van der Waals surface area contributed by atoms with E-state index in [-0.39, 0.29) is 5.92 Å². The van der Waals surface area contributed by atoms with Crippen LogP contribution in [-0.4, -0.2) is 28.8 Å². The predicted molar refractivity (Wildman–Crippen MR) is 76.6 cm³/mol. The summed E-state index contributed by atoms with van der Waals surface area (Å²) in [6.45, 7) is 5.29. The second kappa shape index (κ2) is 7.50. The first-order valence-electron chi connectivity index (χ1n) is 7.52. The molecule has 1 atom stereocenters. The van der Waals surface area contributed by atoms with Crippen LogP contribution in [0.4, 0.5) is 4.79 Å². The lowest BCUT2D eigenvalue weighted by atomic mass is 9.86. The van der Waals surface area contributed by atoms with E-state index in [9.17, 15) is 14.7 Å². The summed E-state index contributed by atoms with van der Waals surface area (Å²) in [5, 5.41) is 11.9. The van der Waals surface area contributed by atoms with Gasteiger partial charge in [-0.3, -0.25) is 0 Å². The number of hydrogen-bond donors (Lipinski definition) is 2. The van der Waals surface area contributed by atoms with Gasteiger partial charge in [0.2, 0.25) is 0 Å². The van der Waals surface area contributed by atoms with E-state index in [4.69, 9.17) is 4.74 Å². The van der Waals surface area contributed by atoms with Crippen LogP contribution in [0.25, 0.3) is 0 Å². The zero-order chi connectivity index (χ0) is 15.2. The van der Waals surface area contributed by atoms with Crippen molar-refractivity contribution in [1.29, 1.82) is 0 Å². The minimum Gasteiger partial charge on any atom is -0.480 e. The molecule has 0 radical (unpaired) electrons. The second-order valence-corrected chi connectivity index (χ2v) is 6.57. The fourth-order valence-electron chi connectivity index (χ4n) is 2.64. The van der Waals surface area contributed by atoms with Gasteiger partial charge in [-0.25, -0.2) is 9.59 Å². The number of carboxylic acid groups (broad SMARTS) is 1. The molecule has 1 aliphatic rings. The van der Waals surface area contributed by atoms with Crippen molar-refractivity contribution < 1.29 is 19.4 Å². The zero-order valence-corrected chi connectivity index (χ0v) is 12.8. The van der Waals surface area contributed by atoms with Crippen LogP contribution in [0.3, 0.4) is 0 Å². The van der Waals surface area contributed by atoms with E-state index in [2.05, 4.69) is 5.32 Å². The molecule has 0 aromatic carbocycles. The summed E-state index contributed by atoms with van der Waals surface area (Å²) >= 11 is 0. The quantitative estimate of drug-likeness (QED) is 0.834. The van der Waals surface area contributed by atoms with E-state index in [0.717, 1.165) is 38.5 Å². The van der Waals surface area contributed by atoms with Crippen LogP contribution in [0.15, 0.2) is 0 Å².